The van der Waals surface area contributed by atoms with Crippen molar-refractivity contribution in [3.8, 4) is 23.0 Å². The third kappa shape index (κ3) is 10.4. The maximum Gasteiger partial charge on any atom is 0.330 e. The maximum atomic E-state index is 10.6. The van der Waals surface area contributed by atoms with Gasteiger partial charge in [0.25, 0.3) is 0 Å². The third-order valence-corrected chi connectivity index (χ3v) is 4.13. The zero-order valence-corrected chi connectivity index (χ0v) is 19.9. The molecule has 12 nitrogen and oxygen atoms in total. The molecule has 0 fully saturated rings. The Morgan fingerprint density at radius 3 is 1.40 bits per heavy atom. The minimum absolute atomic E-state index is 0. The standard InChI is InChI=1S/2C11H13NO5.Fe/c2*1-17-10-4-7(2-3-9(10)14)5-12-8(6-13)11(15)16;/h2*2-5,8,13-14H,6H2,1H3,(H,15,16);. The van der Waals surface area contributed by atoms with Crippen molar-refractivity contribution in [2.75, 3.05) is 27.4 Å². The minimum Gasteiger partial charge on any atom is -0.504 e. The van der Waals surface area contributed by atoms with E-state index < -0.39 is 37.2 Å². The van der Waals surface area contributed by atoms with E-state index in [-0.39, 0.29) is 40.1 Å². The Morgan fingerprint density at radius 1 is 0.800 bits per heavy atom. The molecule has 0 amide bonds. The van der Waals surface area contributed by atoms with Crippen molar-refractivity contribution in [1.82, 2.24) is 0 Å². The van der Waals surface area contributed by atoms with Crippen LogP contribution < -0.4 is 9.47 Å². The van der Waals surface area contributed by atoms with Crippen LogP contribution >= 0.6 is 0 Å². The number of phenols is 2. The van der Waals surface area contributed by atoms with Gasteiger partial charge in [0.1, 0.15) is 0 Å². The van der Waals surface area contributed by atoms with E-state index in [9.17, 15) is 19.8 Å². The van der Waals surface area contributed by atoms with Gasteiger partial charge in [0, 0.05) is 29.5 Å². The molecule has 0 heterocycles. The predicted octanol–water partition coefficient (Wildman–Crippen LogP) is 0.528. The number of carbonyl (C=O) groups is 2. The van der Waals surface area contributed by atoms with Gasteiger partial charge in [0.2, 0.25) is 0 Å². The molecule has 6 N–H and O–H groups in total. The summed E-state index contributed by atoms with van der Waals surface area (Å²) in [6.45, 7) is -1.14. The summed E-state index contributed by atoms with van der Waals surface area (Å²) in [6, 6.07) is 6.58. The fourth-order valence-electron chi connectivity index (χ4n) is 2.28. The molecule has 0 aliphatic heterocycles. The van der Waals surface area contributed by atoms with E-state index in [1.165, 1.54) is 50.9 Å². The fourth-order valence-corrected chi connectivity index (χ4v) is 2.28. The molecule has 0 bridgehead atoms. The van der Waals surface area contributed by atoms with Crippen molar-refractivity contribution in [2.24, 2.45) is 9.98 Å². The fraction of sp³-hybridized carbons (Fsp3) is 0.273. The first-order valence-electron chi connectivity index (χ1n) is 9.64. The summed E-state index contributed by atoms with van der Waals surface area (Å²) in [5, 5.41) is 53.5. The quantitative estimate of drug-likeness (QED) is 0.185. The molecule has 0 aliphatic rings. The van der Waals surface area contributed by atoms with Gasteiger partial charge in [0.15, 0.2) is 35.1 Å². The van der Waals surface area contributed by atoms with E-state index >= 15 is 0 Å². The second-order valence-electron chi connectivity index (χ2n) is 6.49. The van der Waals surface area contributed by atoms with Crippen molar-refractivity contribution >= 4 is 24.4 Å². The van der Waals surface area contributed by atoms with Crippen LogP contribution in [0.2, 0.25) is 0 Å². The zero-order valence-electron chi connectivity index (χ0n) is 18.8. The Bertz CT molecular complexity index is 948. The second-order valence-corrected chi connectivity index (χ2v) is 6.49. The third-order valence-electron chi connectivity index (χ3n) is 4.13. The van der Waals surface area contributed by atoms with E-state index in [1.54, 1.807) is 12.1 Å². The number of hydrogen-bond donors (Lipinski definition) is 6. The van der Waals surface area contributed by atoms with Crippen molar-refractivity contribution in [3.05, 3.63) is 47.5 Å². The number of aromatic hydroxyl groups is 2. The zero-order chi connectivity index (χ0) is 25.7. The molecule has 0 saturated carbocycles. The number of benzene rings is 2. The Labute approximate surface area is 211 Å². The summed E-state index contributed by atoms with van der Waals surface area (Å²) in [5.74, 6) is -1.89. The summed E-state index contributed by atoms with van der Waals surface area (Å²) < 4.78 is 9.78. The number of aliphatic imine (C=N–C) groups is 2. The molecule has 0 aliphatic carbocycles. The molecule has 2 unspecified atom stereocenters. The summed E-state index contributed by atoms with van der Waals surface area (Å²) >= 11 is 0. The summed E-state index contributed by atoms with van der Waals surface area (Å²) in [5.41, 5.74) is 1.14. The Balaban J connectivity index is 0.000000642. The molecule has 0 spiro atoms. The van der Waals surface area contributed by atoms with Crippen LogP contribution in [0.3, 0.4) is 0 Å². The molecule has 2 rings (SSSR count). The molecule has 2 aromatic rings. The monoisotopic (exact) mass is 534 g/mol. The van der Waals surface area contributed by atoms with Gasteiger partial charge >= 0.3 is 11.9 Å². The number of carboxylic acids is 2. The number of ether oxygens (including phenoxy) is 2. The minimum atomic E-state index is -1.20. The molecular weight excluding hydrogens is 508 g/mol. The molecule has 192 valence electrons. The molecule has 2 aromatic carbocycles. The van der Waals surface area contributed by atoms with E-state index in [0.29, 0.717) is 11.1 Å². The number of carboxylic acid groups (broad SMARTS) is 2. The van der Waals surface area contributed by atoms with Gasteiger partial charge in [-0.1, -0.05) is 0 Å². The largest absolute Gasteiger partial charge is 0.504 e. The number of phenolic OH excluding ortho intramolecular Hbond substituents is 2. The molecular formula is C22H26FeN2O10. The summed E-state index contributed by atoms with van der Waals surface area (Å²) in [6.07, 6.45) is 2.61. The van der Waals surface area contributed by atoms with Gasteiger partial charge < -0.3 is 40.1 Å². The number of hydrogen-bond acceptors (Lipinski definition) is 10. The summed E-state index contributed by atoms with van der Waals surface area (Å²) in [7, 11) is 2.81. The van der Waals surface area contributed by atoms with Crippen molar-refractivity contribution in [3.63, 3.8) is 0 Å². The van der Waals surface area contributed by atoms with Gasteiger partial charge in [-0.15, -0.1) is 0 Å². The SMILES string of the molecule is COc1cc(C=NC(CO)C(=O)O)ccc1O.COc1cc(C=NC(CO)C(=O)O)ccc1O.[Fe]. The van der Waals surface area contributed by atoms with Crippen LogP contribution in [0.25, 0.3) is 0 Å². The molecule has 2 atom stereocenters. The van der Waals surface area contributed by atoms with Crippen LogP contribution in [-0.4, -0.2) is 94.5 Å². The van der Waals surface area contributed by atoms with Crippen LogP contribution in [0.15, 0.2) is 46.4 Å². The van der Waals surface area contributed by atoms with E-state index in [4.69, 9.17) is 29.9 Å². The second kappa shape index (κ2) is 16.1. The van der Waals surface area contributed by atoms with Crippen LogP contribution in [0.5, 0.6) is 23.0 Å². The van der Waals surface area contributed by atoms with Crippen LogP contribution in [0.1, 0.15) is 11.1 Å². The van der Waals surface area contributed by atoms with E-state index in [0.717, 1.165) is 0 Å². The van der Waals surface area contributed by atoms with Gasteiger partial charge in [-0.2, -0.15) is 0 Å². The maximum absolute atomic E-state index is 10.6. The van der Waals surface area contributed by atoms with E-state index in [1.807, 2.05) is 0 Å². The Kier molecular flexibility index (Phi) is 14.4. The van der Waals surface area contributed by atoms with Gasteiger partial charge in [0.05, 0.1) is 27.4 Å². The molecule has 0 aromatic heterocycles. The first-order valence-corrected chi connectivity index (χ1v) is 9.64. The van der Waals surface area contributed by atoms with Gasteiger partial charge in [-0.3, -0.25) is 9.98 Å². The molecule has 0 radical (unpaired) electrons. The summed E-state index contributed by atoms with van der Waals surface area (Å²) in [4.78, 5) is 28.6. The number of aliphatic hydroxyl groups is 2. The molecule has 13 heteroatoms. The average molecular weight is 534 g/mol. The Morgan fingerprint density at radius 2 is 1.14 bits per heavy atom. The van der Waals surface area contributed by atoms with E-state index in [2.05, 4.69) is 9.98 Å². The number of nitrogens with zero attached hydrogens (tertiary/aromatic N) is 2. The molecule has 35 heavy (non-hydrogen) atoms. The van der Waals surface area contributed by atoms with Gasteiger partial charge in [-0.25, -0.2) is 9.59 Å². The average Bonchev–Trinajstić information content (AvgIpc) is 2.81. The Hall–Kier alpha value is -3.64. The first-order chi connectivity index (χ1) is 16.2. The van der Waals surface area contributed by atoms with Crippen molar-refractivity contribution in [2.45, 2.75) is 12.1 Å². The van der Waals surface area contributed by atoms with Gasteiger partial charge in [-0.05, 0) is 47.5 Å². The normalized spacial score (nSPS) is 12.2. The predicted molar refractivity (Wildman–Crippen MR) is 122 cm³/mol. The van der Waals surface area contributed by atoms with Crippen molar-refractivity contribution < 1.29 is 66.8 Å². The first kappa shape index (κ1) is 31.4. The van der Waals surface area contributed by atoms with Crippen LogP contribution in [0, 0.1) is 0 Å². The number of rotatable bonds is 10. The topological polar surface area (TPSA) is 199 Å². The number of methoxy groups -OCH3 is 2. The van der Waals surface area contributed by atoms with Crippen molar-refractivity contribution in [1.29, 1.82) is 0 Å². The number of aliphatic hydroxyl groups excluding tert-OH is 2. The van der Waals surface area contributed by atoms with Crippen LogP contribution in [-0.2, 0) is 26.7 Å². The van der Waals surface area contributed by atoms with Crippen LogP contribution in [0.4, 0.5) is 0 Å². The smallest absolute Gasteiger partial charge is 0.330 e. The number of aliphatic carboxylic acids is 2. The molecule has 0 saturated heterocycles.